The van der Waals surface area contributed by atoms with E-state index in [0.29, 0.717) is 12.5 Å². The average Bonchev–Trinajstić information content (AvgIpc) is 2.23. The molecule has 1 atom stereocenters. The van der Waals surface area contributed by atoms with Crippen molar-refractivity contribution in [3.63, 3.8) is 0 Å². The molecule has 102 valence electrons. The summed E-state index contributed by atoms with van der Waals surface area (Å²) >= 11 is 0. The van der Waals surface area contributed by atoms with Crippen molar-refractivity contribution in [2.45, 2.75) is 40.2 Å². The smallest absolute Gasteiger partial charge is 0.312 e. The Morgan fingerprint density at radius 1 is 1.41 bits per heavy atom. The summed E-state index contributed by atoms with van der Waals surface area (Å²) in [6.45, 7) is 9.64. The number of carbonyl (C=O) groups is 1. The molecule has 0 aliphatic carbocycles. The zero-order valence-corrected chi connectivity index (χ0v) is 12.1. The van der Waals surface area contributed by atoms with Gasteiger partial charge in [0.1, 0.15) is 0 Å². The van der Waals surface area contributed by atoms with Gasteiger partial charge in [-0.05, 0) is 39.8 Å². The van der Waals surface area contributed by atoms with Crippen molar-refractivity contribution in [1.82, 2.24) is 4.90 Å². The van der Waals surface area contributed by atoms with Crippen LogP contribution in [0.5, 0.6) is 0 Å². The van der Waals surface area contributed by atoms with Gasteiger partial charge in [0.2, 0.25) is 0 Å². The molecule has 0 fully saturated rings. The van der Waals surface area contributed by atoms with Crippen LogP contribution in [0.15, 0.2) is 0 Å². The number of hydrogen-bond acceptors (Lipinski definition) is 4. The molecule has 2 N–H and O–H groups in total. The van der Waals surface area contributed by atoms with E-state index >= 15 is 0 Å². The number of nitrogens with two attached hydrogens (primary N) is 1. The highest BCUT2D eigenvalue weighted by molar-refractivity contribution is 5.76. The number of hydrogen-bond donors (Lipinski definition) is 1. The lowest BCUT2D eigenvalue weighted by Gasteiger charge is -2.28. The molecule has 0 spiro atoms. The van der Waals surface area contributed by atoms with Crippen LogP contribution in [0.25, 0.3) is 0 Å². The third-order valence-corrected chi connectivity index (χ3v) is 3.10. The van der Waals surface area contributed by atoms with Crippen molar-refractivity contribution in [2.24, 2.45) is 17.1 Å². The van der Waals surface area contributed by atoms with Crippen LogP contribution in [-0.4, -0.2) is 44.2 Å². The van der Waals surface area contributed by atoms with E-state index in [2.05, 4.69) is 18.7 Å². The van der Waals surface area contributed by atoms with E-state index < -0.39 is 5.41 Å². The van der Waals surface area contributed by atoms with Crippen LogP contribution in [0.2, 0.25) is 0 Å². The van der Waals surface area contributed by atoms with Crippen molar-refractivity contribution in [1.29, 1.82) is 0 Å². The van der Waals surface area contributed by atoms with Gasteiger partial charge in [0.25, 0.3) is 0 Å². The van der Waals surface area contributed by atoms with E-state index in [4.69, 9.17) is 10.5 Å². The van der Waals surface area contributed by atoms with Crippen molar-refractivity contribution in [3.05, 3.63) is 0 Å². The maximum absolute atomic E-state index is 11.5. The van der Waals surface area contributed by atoms with Gasteiger partial charge in [-0.1, -0.05) is 13.8 Å². The second kappa shape index (κ2) is 6.97. The minimum absolute atomic E-state index is 0.169. The largest absolute Gasteiger partial charge is 0.469 e. The van der Waals surface area contributed by atoms with Crippen molar-refractivity contribution < 1.29 is 9.53 Å². The second-order valence-electron chi connectivity index (χ2n) is 5.81. The van der Waals surface area contributed by atoms with Gasteiger partial charge >= 0.3 is 5.97 Å². The Labute approximate surface area is 105 Å². The first-order valence-corrected chi connectivity index (χ1v) is 6.23. The minimum Gasteiger partial charge on any atom is -0.469 e. The number of nitrogens with zero attached hydrogens (tertiary/aromatic N) is 1. The number of ether oxygens (including phenoxy) is 1. The fourth-order valence-corrected chi connectivity index (χ4v) is 1.80. The summed E-state index contributed by atoms with van der Waals surface area (Å²) in [5.41, 5.74) is 5.53. The normalized spacial score (nSPS) is 14.2. The maximum atomic E-state index is 11.5. The molecule has 0 heterocycles. The first-order chi connectivity index (χ1) is 7.70. The molecule has 0 rings (SSSR count). The molecule has 4 heteroatoms. The molecule has 0 amide bonds. The molecule has 0 saturated heterocycles. The van der Waals surface area contributed by atoms with Crippen LogP contribution in [0, 0.1) is 11.3 Å². The molecule has 0 aliphatic heterocycles. The fourth-order valence-electron chi connectivity index (χ4n) is 1.80. The monoisotopic (exact) mass is 244 g/mol. The van der Waals surface area contributed by atoms with Crippen LogP contribution >= 0.6 is 0 Å². The lowest BCUT2D eigenvalue weighted by Crippen LogP contribution is -2.40. The summed E-state index contributed by atoms with van der Waals surface area (Å²) in [4.78, 5) is 13.7. The highest BCUT2D eigenvalue weighted by Crippen LogP contribution is 2.18. The number of rotatable bonds is 7. The van der Waals surface area contributed by atoms with Gasteiger partial charge in [-0.15, -0.1) is 0 Å². The van der Waals surface area contributed by atoms with Gasteiger partial charge < -0.3 is 15.4 Å². The highest BCUT2D eigenvalue weighted by Gasteiger charge is 2.30. The highest BCUT2D eigenvalue weighted by atomic mass is 16.5. The third-order valence-electron chi connectivity index (χ3n) is 3.10. The van der Waals surface area contributed by atoms with Gasteiger partial charge in [0.15, 0.2) is 0 Å². The van der Waals surface area contributed by atoms with Crippen LogP contribution in [0.1, 0.15) is 34.1 Å². The lowest BCUT2D eigenvalue weighted by molar-refractivity contribution is -0.151. The molecule has 0 aromatic rings. The second-order valence-corrected chi connectivity index (χ2v) is 5.81. The van der Waals surface area contributed by atoms with E-state index in [1.807, 2.05) is 20.9 Å². The van der Waals surface area contributed by atoms with Crippen LogP contribution < -0.4 is 5.73 Å². The molecule has 1 unspecified atom stereocenters. The Balaban J connectivity index is 4.09. The quantitative estimate of drug-likeness (QED) is 0.689. The predicted molar refractivity (Wildman–Crippen MR) is 70.7 cm³/mol. The van der Waals surface area contributed by atoms with E-state index in [9.17, 15) is 4.79 Å². The predicted octanol–water partition coefficient (Wildman–Crippen LogP) is 1.49. The summed E-state index contributed by atoms with van der Waals surface area (Å²) in [5.74, 6) is 0.328. The van der Waals surface area contributed by atoms with E-state index in [-0.39, 0.29) is 12.0 Å². The molecule has 0 aromatic heterocycles. The summed E-state index contributed by atoms with van der Waals surface area (Å²) in [5, 5.41) is 0. The Kier molecular flexibility index (Phi) is 6.72. The molecule has 0 aromatic carbocycles. The fraction of sp³-hybridized carbons (Fsp3) is 0.923. The SMILES string of the molecule is COC(=O)C(C)(C)CN(C)CCC(N)C(C)C. The van der Waals surface area contributed by atoms with Crippen molar-refractivity contribution in [2.75, 3.05) is 27.2 Å². The molecular weight excluding hydrogens is 216 g/mol. The Bertz CT molecular complexity index is 240. The molecule has 0 radical (unpaired) electrons. The summed E-state index contributed by atoms with van der Waals surface area (Å²) < 4.78 is 4.79. The minimum atomic E-state index is -0.467. The molecular formula is C13H28N2O2. The maximum Gasteiger partial charge on any atom is 0.312 e. The standard InChI is InChI=1S/C13H28N2O2/c1-10(2)11(14)7-8-15(5)9-13(3,4)12(16)17-6/h10-11H,7-9,14H2,1-6H3. The number of carbonyl (C=O) groups excluding carboxylic acids is 1. The summed E-state index contributed by atoms with van der Waals surface area (Å²) in [6.07, 6.45) is 0.950. The molecule has 0 aliphatic rings. The summed E-state index contributed by atoms with van der Waals surface area (Å²) in [6, 6.07) is 0.221. The van der Waals surface area contributed by atoms with E-state index in [1.165, 1.54) is 7.11 Å². The first-order valence-electron chi connectivity index (χ1n) is 6.23. The molecule has 17 heavy (non-hydrogen) atoms. The number of methoxy groups -OCH3 is 1. The average molecular weight is 244 g/mol. The molecule has 0 bridgehead atoms. The number of esters is 1. The topological polar surface area (TPSA) is 55.6 Å². The van der Waals surface area contributed by atoms with Gasteiger partial charge in [-0.25, -0.2) is 0 Å². The van der Waals surface area contributed by atoms with Gasteiger partial charge in [0.05, 0.1) is 12.5 Å². The van der Waals surface area contributed by atoms with Crippen LogP contribution in [0.4, 0.5) is 0 Å². The van der Waals surface area contributed by atoms with Gasteiger partial charge in [-0.2, -0.15) is 0 Å². The zero-order valence-electron chi connectivity index (χ0n) is 12.1. The van der Waals surface area contributed by atoms with Gasteiger partial charge in [-0.3, -0.25) is 4.79 Å². The van der Waals surface area contributed by atoms with Gasteiger partial charge in [0, 0.05) is 12.6 Å². The van der Waals surface area contributed by atoms with E-state index in [1.54, 1.807) is 0 Å². The Morgan fingerprint density at radius 3 is 2.35 bits per heavy atom. The zero-order chi connectivity index (χ0) is 13.6. The van der Waals surface area contributed by atoms with Crippen LogP contribution in [0.3, 0.4) is 0 Å². The molecule has 4 nitrogen and oxygen atoms in total. The van der Waals surface area contributed by atoms with Crippen molar-refractivity contribution >= 4 is 5.97 Å². The Hall–Kier alpha value is -0.610. The van der Waals surface area contributed by atoms with E-state index in [0.717, 1.165) is 13.0 Å². The lowest BCUT2D eigenvalue weighted by atomic mass is 9.93. The first kappa shape index (κ1) is 16.4. The third kappa shape index (κ3) is 6.03. The summed E-state index contributed by atoms with van der Waals surface area (Å²) in [7, 11) is 3.44. The molecule has 0 saturated carbocycles. The van der Waals surface area contributed by atoms with Crippen LogP contribution in [-0.2, 0) is 9.53 Å². The Morgan fingerprint density at radius 2 is 1.94 bits per heavy atom. The van der Waals surface area contributed by atoms with Crippen molar-refractivity contribution in [3.8, 4) is 0 Å².